The lowest BCUT2D eigenvalue weighted by Gasteiger charge is -2.38. The molecule has 0 unspecified atom stereocenters. The Morgan fingerprint density at radius 3 is 2.63 bits per heavy atom. The van der Waals surface area contributed by atoms with E-state index >= 15 is 0 Å². The number of rotatable bonds is 8. The fourth-order valence-electron chi connectivity index (χ4n) is 4.43. The predicted molar refractivity (Wildman–Crippen MR) is 136 cm³/mol. The topological polar surface area (TPSA) is 49.9 Å². The van der Waals surface area contributed by atoms with E-state index in [9.17, 15) is 14.0 Å². The third-order valence-electron chi connectivity index (χ3n) is 6.70. The summed E-state index contributed by atoms with van der Waals surface area (Å²) in [6.45, 7) is 6.74. The maximum absolute atomic E-state index is 13.7. The van der Waals surface area contributed by atoms with E-state index in [0.717, 1.165) is 24.0 Å². The Labute approximate surface area is 210 Å². The van der Waals surface area contributed by atoms with Crippen molar-refractivity contribution in [3.8, 4) is 5.75 Å². The van der Waals surface area contributed by atoms with Gasteiger partial charge in [-0.3, -0.25) is 9.59 Å². The van der Waals surface area contributed by atoms with Crippen LogP contribution in [0.1, 0.15) is 52.7 Å². The van der Waals surface area contributed by atoms with Gasteiger partial charge in [-0.05, 0) is 79.6 Å². The number of carbonyl (C=O) groups excluding carboxylic acids is 2. The fourth-order valence-corrected chi connectivity index (χ4v) is 5.36. The van der Waals surface area contributed by atoms with Crippen LogP contribution < -0.4 is 4.74 Å². The molecule has 0 saturated carbocycles. The highest BCUT2D eigenvalue weighted by Gasteiger charge is 2.34. The van der Waals surface area contributed by atoms with Crippen LogP contribution in [0, 0.1) is 12.7 Å². The molecule has 0 bridgehead atoms. The molecule has 7 heteroatoms. The SMILES string of the molecule is CC[C@H](C)N(CC(=O)N1CCc2sccc2[C@H]1COc1ccc(F)cc1)C(=O)c1ccccc1C. The van der Waals surface area contributed by atoms with Gasteiger partial charge < -0.3 is 14.5 Å². The molecule has 2 amide bonds. The normalized spacial score (nSPS) is 15.9. The monoisotopic (exact) mass is 494 g/mol. The van der Waals surface area contributed by atoms with Gasteiger partial charge in [0.25, 0.3) is 5.91 Å². The molecule has 0 saturated heterocycles. The minimum atomic E-state index is -0.324. The molecule has 0 fully saturated rings. The highest BCUT2D eigenvalue weighted by Crippen LogP contribution is 2.34. The predicted octanol–water partition coefficient (Wildman–Crippen LogP) is 5.64. The lowest BCUT2D eigenvalue weighted by atomic mass is 10.00. The first-order chi connectivity index (χ1) is 16.9. The van der Waals surface area contributed by atoms with E-state index in [1.807, 2.05) is 61.4 Å². The van der Waals surface area contributed by atoms with E-state index in [-0.39, 0.29) is 42.9 Å². The van der Waals surface area contributed by atoms with Crippen LogP contribution in [0.25, 0.3) is 0 Å². The van der Waals surface area contributed by atoms with E-state index in [0.29, 0.717) is 17.9 Å². The second-order valence-corrected chi connectivity index (χ2v) is 9.92. The first-order valence-corrected chi connectivity index (χ1v) is 12.9. The average molecular weight is 495 g/mol. The number of hydrogen-bond acceptors (Lipinski definition) is 4. The molecule has 0 aliphatic carbocycles. The summed E-state index contributed by atoms with van der Waals surface area (Å²) in [6.07, 6.45) is 1.53. The summed E-state index contributed by atoms with van der Waals surface area (Å²) in [6, 6.07) is 15.1. The zero-order valence-corrected chi connectivity index (χ0v) is 21.2. The number of benzene rings is 2. The highest BCUT2D eigenvalue weighted by molar-refractivity contribution is 7.10. The molecule has 0 N–H and O–H groups in total. The Balaban J connectivity index is 1.55. The van der Waals surface area contributed by atoms with Gasteiger partial charge in [0, 0.05) is 23.0 Å². The summed E-state index contributed by atoms with van der Waals surface area (Å²) in [5.74, 6) is 0.00226. The second-order valence-electron chi connectivity index (χ2n) is 8.92. The number of aryl methyl sites for hydroxylation is 1. The molecule has 0 radical (unpaired) electrons. The Morgan fingerprint density at radius 2 is 1.91 bits per heavy atom. The maximum Gasteiger partial charge on any atom is 0.254 e. The summed E-state index contributed by atoms with van der Waals surface area (Å²) in [4.78, 5) is 31.9. The van der Waals surface area contributed by atoms with Crippen LogP contribution in [0.3, 0.4) is 0 Å². The number of fused-ring (bicyclic) bond motifs is 1. The lowest BCUT2D eigenvalue weighted by molar-refractivity contribution is -0.136. The number of amides is 2. The summed E-state index contributed by atoms with van der Waals surface area (Å²) in [5.41, 5.74) is 2.59. The minimum Gasteiger partial charge on any atom is -0.491 e. The van der Waals surface area contributed by atoms with Crippen molar-refractivity contribution in [2.45, 2.75) is 45.7 Å². The lowest BCUT2D eigenvalue weighted by Crippen LogP contribution is -2.50. The Bertz CT molecular complexity index is 1180. The van der Waals surface area contributed by atoms with Crippen molar-refractivity contribution < 1.29 is 18.7 Å². The van der Waals surface area contributed by atoms with Gasteiger partial charge in [0.2, 0.25) is 5.91 Å². The van der Waals surface area contributed by atoms with Crippen LogP contribution in [0.15, 0.2) is 60.0 Å². The molecule has 1 aliphatic rings. The van der Waals surface area contributed by atoms with Crippen LogP contribution in [-0.2, 0) is 11.2 Å². The zero-order chi connectivity index (χ0) is 24.9. The van der Waals surface area contributed by atoms with Crippen molar-refractivity contribution in [3.05, 3.63) is 87.4 Å². The minimum absolute atomic E-state index is 0.00862. The molecule has 4 rings (SSSR count). The van der Waals surface area contributed by atoms with E-state index in [4.69, 9.17) is 4.74 Å². The molecular formula is C28H31FN2O3S. The van der Waals surface area contributed by atoms with Crippen LogP contribution >= 0.6 is 11.3 Å². The maximum atomic E-state index is 13.7. The highest BCUT2D eigenvalue weighted by atomic mass is 32.1. The molecule has 0 spiro atoms. The molecule has 1 aromatic heterocycles. The van der Waals surface area contributed by atoms with E-state index in [1.54, 1.807) is 28.4 Å². The standard InChI is InChI=1S/C28H31FN2O3S/c1-4-20(3)31(28(33)23-8-6-5-7-19(23)2)17-27(32)30-15-13-26-24(14-16-35-26)25(30)18-34-22-11-9-21(29)10-12-22/h5-12,14,16,20,25H,4,13,15,17-18H2,1-3H3/t20-,25+/m0/s1. The molecule has 5 nitrogen and oxygen atoms in total. The average Bonchev–Trinajstić information content (AvgIpc) is 3.35. The van der Waals surface area contributed by atoms with Gasteiger partial charge in [-0.25, -0.2) is 4.39 Å². The van der Waals surface area contributed by atoms with Gasteiger partial charge in [0.1, 0.15) is 24.7 Å². The number of nitrogens with zero attached hydrogens (tertiary/aromatic N) is 2. The van der Waals surface area contributed by atoms with Crippen molar-refractivity contribution in [1.29, 1.82) is 0 Å². The Kier molecular flexibility index (Phi) is 7.86. The second kappa shape index (κ2) is 11.0. The molecule has 2 heterocycles. The molecule has 184 valence electrons. The molecular weight excluding hydrogens is 463 g/mol. The first-order valence-electron chi connectivity index (χ1n) is 12.0. The summed E-state index contributed by atoms with van der Waals surface area (Å²) >= 11 is 1.69. The quantitative estimate of drug-likeness (QED) is 0.407. The van der Waals surface area contributed by atoms with E-state index in [2.05, 4.69) is 0 Å². The largest absolute Gasteiger partial charge is 0.491 e. The van der Waals surface area contributed by atoms with Crippen molar-refractivity contribution in [3.63, 3.8) is 0 Å². The van der Waals surface area contributed by atoms with Crippen LogP contribution in [-0.4, -0.2) is 47.4 Å². The van der Waals surface area contributed by atoms with Crippen molar-refractivity contribution in [2.24, 2.45) is 0 Å². The van der Waals surface area contributed by atoms with Gasteiger partial charge in [0.05, 0.1) is 6.04 Å². The number of ether oxygens (including phenoxy) is 1. The molecule has 35 heavy (non-hydrogen) atoms. The van der Waals surface area contributed by atoms with Crippen molar-refractivity contribution >= 4 is 23.2 Å². The van der Waals surface area contributed by atoms with Crippen LogP contribution in [0.5, 0.6) is 5.75 Å². The number of halogens is 1. The molecule has 1 aliphatic heterocycles. The zero-order valence-electron chi connectivity index (χ0n) is 20.4. The number of hydrogen-bond donors (Lipinski definition) is 0. The third-order valence-corrected chi connectivity index (χ3v) is 7.70. The third kappa shape index (κ3) is 5.56. The molecule has 2 atom stereocenters. The van der Waals surface area contributed by atoms with Gasteiger partial charge in [-0.1, -0.05) is 25.1 Å². The van der Waals surface area contributed by atoms with Crippen molar-refractivity contribution in [2.75, 3.05) is 19.7 Å². The smallest absolute Gasteiger partial charge is 0.254 e. The van der Waals surface area contributed by atoms with Gasteiger partial charge in [0.15, 0.2) is 0 Å². The van der Waals surface area contributed by atoms with Crippen LogP contribution in [0.4, 0.5) is 4.39 Å². The Morgan fingerprint density at radius 1 is 1.17 bits per heavy atom. The fraction of sp³-hybridized carbons (Fsp3) is 0.357. The van der Waals surface area contributed by atoms with Gasteiger partial charge in [-0.15, -0.1) is 11.3 Å². The molecule has 2 aromatic carbocycles. The Hall–Kier alpha value is -3.19. The summed E-state index contributed by atoms with van der Waals surface area (Å²) in [5, 5.41) is 2.04. The first kappa shape index (κ1) is 24.9. The van der Waals surface area contributed by atoms with Gasteiger partial charge in [-0.2, -0.15) is 0 Å². The summed E-state index contributed by atoms with van der Waals surface area (Å²) < 4.78 is 19.3. The number of carbonyl (C=O) groups is 2. The van der Waals surface area contributed by atoms with Crippen LogP contribution in [0.2, 0.25) is 0 Å². The van der Waals surface area contributed by atoms with Crippen molar-refractivity contribution in [1.82, 2.24) is 9.80 Å². The van der Waals surface area contributed by atoms with E-state index in [1.165, 1.54) is 17.0 Å². The number of thiophene rings is 1. The summed E-state index contributed by atoms with van der Waals surface area (Å²) in [7, 11) is 0. The van der Waals surface area contributed by atoms with E-state index < -0.39 is 0 Å². The molecule has 3 aromatic rings. The van der Waals surface area contributed by atoms with Gasteiger partial charge >= 0.3 is 0 Å².